The lowest BCUT2D eigenvalue weighted by atomic mass is 10.2. The van der Waals surface area contributed by atoms with Crippen molar-refractivity contribution in [1.82, 2.24) is 0 Å². The second kappa shape index (κ2) is 13.0. The minimum atomic E-state index is 0.111. The van der Waals surface area contributed by atoms with E-state index in [1.165, 1.54) is 11.3 Å². The number of para-hydroxylation sites is 1. The zero-order chi connectivity index (χ0) is 12.1. The van der Waals surface area contributed by atoms with E-state index in [0.29, 0.717) is 6.29 Å². The summed E-state index contributed by atoms with van der Waals surface area (Å²) in [5.41, 5.74) is 2.50. The van der Waals surface area contributed by atoms with Gasteiger partial charge in [-0.3, -0.25) is 0 Å². The number of benzene rings is 1. The Morgan fingerprint density at radius 1 is 1.33 bits per heavy atom. The maximum Gasteiger partial charge on any atom is 0.134 e. The number of alkyl halides is 1. The lowest BCUT2D eigenvalue weighted by Crippen LogP contribution is -1.89. The van der Waals surface area contributed by atoms with E-state index in [1.54, 1.807) is 0 Å². The SMILES string of the molecule is CC.CNc1ccccc1C.O=CCCl. The summed E-state index contributed by atoms with van der Waals surface area (Å²) in [6.07, 6.45) is 0.640. The highest BCUT2D eigenvalue weighted by molar-refractivity contribution is 6.24. The summed E-state index contributed by atoms with van der Waals surface area (Å²) in [5.74, 6) is 0.111. The van der Waals surface area contributed by atoms with Crippen LogP contribution >= 0.6 is 11.6 Å². The second-order valence-corrected chi connectivity index (χ2v) is 2.69. The molecular formula is C12H20ClNO. The Bertz CT molecular complexity index is 251. The third kappa shape index (κ3) is 9.29. The maximum absolute atomic E-state index is 9.04. The van der Waals surface area contributed by atoms with Gasteiger partial charge in [0, 0.05) is 12.7 Å². The van der Waals surface area contributed by atoms with Gasteiger partial charge in [0.25, 0.3) is 0 Å². The van der Waals surface area contributed by atoms with Gasteiger partial charge in [0.15, 0.2) is 0 Å². The minimum Gasteiger partial charge on any atom is -0.388 e. The number of rotatable bonds is 2. The quantitative estimate of drug-likeness (QED) is 0.622. The molecule has 0 spiro atoms. The van der Waals surface area contributed by atoms with Crippen molar-refractivity contribution in [3.8, 4) is 0 Å². The molecule has 0 aliphatic carbocycles. The van der Waals surface area contributed by atoms with E-state index in [9.17, 15) is 0 Å². The molecule has 0 aliphatic rings. The van der Waals surface area contributed by atoms with E-state index in [2.05, 4.69) is 24.4 Å². The topological polar surface area (TPSA) is 29.1 Å². The molecule has 0 unspecified atom stereocenters. The number of nitrogens with one attached hydrogen (secondary N) is 1. The molecule has 1 rings (SSSR count). The molecule has 0 radical (unpaired) electrons. The van der Waals surface area contributed by atoms with E-state index in [4.69, 9.17) is 16.4 Å². The van der Waals surface area contributed by atoms with Crippen molar-refractivity contribution in [3.63, 3.8) is 0 Å². The van der Waals surface area contributed by atoms with Crippen molar-refractivity contribution in [2.45, 2.75) is 20.8 Å². The van der Waals surface area contributed by atoms with Crippen LogP contribution in [-0.4, -0.2) is 19.2 Å². The molecule has 1 aromatic rings. The predicted octanol–water partition coefficient (Wildman–Crippen LogP) is 3.49. The molecule has 0 heterocycles. The van der Waals surface area contributed by atoms with Gasteiger partial charge in [0.05, 0.1) is 5.88 Å². The highest BCUT2D eigenvalue weighted by atomic mass is 35.5. The molecule has 1 aromatic carbocycles. The summed E-state index contributed by atoms with van der Waals surface area (Å²) in [6, 6.07) is 8.22. The van der Waals surface area contributed by atoms with Crippen LogP contribution in [0.1, 0.15) is 19.4 Å². The van der Waals surface area contributed by atoms with Crippen LogP contribution in [0.3, 0.4) is 0 Å². The molecule has 86 valence electrons. The van der Waals surface area contributed by atoms with Crippen LogP contribution in [-0.2, 0) is 4.79 Å². The second-order valence-electron chi connectivity index (χ2n) is 2.39. The minimum absolute atomic E-state index is 0.111. The van der Waals surface area contributed by atoms with Gasteiger partial charge in [-0.15, -0.1) is 11.6 Å². The highest BCUT2D eigenvalue weighted by Crippen LogP contribution is 2.10. The number of carbonyl (C=O) groups is 1. The van der Waals surface area contributed by atoms with E-state index in [-0.39, 0.29) is 5.88 Å². The standard InChI is InChI=1S/C8H11N.C2H3ClO.C2H6/c1-7-5-3-4-6-8(7)9-2;3-1-2-4;1-2/h3-6,9H,1-2H3;2H,1H2;1-2H3. The molecule has 0 saturated carbocycles. The monoisotopic (exact) mass is 229 g/mol. The fourth-order valence-electron chi connectivity index (χ4n) is 0.853. The van der Waals surface area contributed by atoms with Crippen molar-refractivity contribution < 1.29 is 4.79 Å². The first-order valence-corrected chi connectivity index (χ1v) is 5.52. The van der Waals surface area contributed by atoms with Gasteiger partial charge in [-0.1, -0.05) is 32.0 Å². The largest absolute Gasteiger partial charge is 0.388 e. The Labute approximate surface area is 97.6 Å². The fraction of sp³-hybridized carbons (Fsp3) is 0.417. The van der Waals surface area contributed by atoms with Crippen molar-refractivity contribution >= 4 is 23.6 Å². The molecule has 0 fully saturated rings. The predicted molar refractivity (Wildman–Crippen MR) is 68.9 cm³/mol. The van der Waals surface area contributed by atoms with Crippen molar-refractivity contribution in [1.29, 1.82) is 0 Å². The van der Waals surface area contributed by atoms with Crippen molar-refractivity contribution in [2.24, 2.45) is 0 Å². The molecule has 0 saturated heterocycles. The van der Waals surface area contributed by atoms with Crippen molar-refractivity contribution in [3.05, 3.63) is 29.8 Å². The molecule has 0 atom stereocenters. The smallest absolute Gasteiger partial charge is 0.134 e. The van der Waals surface area contributed by atoms with E-state index in [0.717, 1.165) is 0 Å². The highest BCUT2D eigenvalue weighted by Gasteiger charge is 1.88. The first kappa shape index (κ1) is 16.4. The lowest BCUT2D eigenvalue weighted by molar-refractivity contribution is -0.105. The summed E-state index contributed by atoms with van der Waals surface area (Å²) in [5, 5.41) is 3.10. The third-order valence-corrected chi connectivity index (χ3v) is 1.60. The van der Waals surface area contributed by atoms with Crippen LogP contribution in [0, 0.1) is 6.92 Å². The molecule has 0 bridgehead atoms. The van der Waals surface area contributed by atoms with Gasteiger partial charge < -0.3 is 10.1 Å². The normalized spacial score (nSPS) is 7.53. The Morgan fingerprint density at radius 2 is 1.80 bits per heavy atom. The first-order valence-electron chi connectivity index (χ1n) is 4.99. The van der Waals surface area contributed by atoms with Gasteiger partial charge >= 0.3 is 0 Å². The first-order chi connectivity index (χ1) is 7.26. The Balaban J connectivity index is 0. The summed E-state index contributed by atoms with van der Waals surface area (Å²) in [4.78, 5) is 9.04. The number of hydrogen-bond acceptors (Lipinski definition) is 2. The van der Waals surface area contributed by atoms with Gasteiger partial charge in [0.2, 0.25) is 0 Å². The Morgan fingerprint density at radius 3 is 2.07 bits per heavy atom. The fourth-order valence-corrected chi connectivity index (χ4v) is 0.853. The van der Waals surface area contributed by atoms with Gasteiger partial charge in [-0.05, 0) is 18.6 Å². The molecule has 0 amide bonds. The van der Waals surface area contributed by atoms with Crippen molar-refractivity contribution in [2.75, 3.05) is 18.2 Å². The van der Waals surface area contributed by atoms with E-state index < -0.39 is 0 Å². The van der Waals surface area contributed by atoms with Crippen LogP contribution in [0.5, 0.6) is 0 Å². The molecule has 3 heteroatoms. The summed E-state index contributed by atoms with van der Waals surface area (Å²) in [7, 11) is 1.93. The molecule has 2 nitrogen and oxygen atoms in total. The average molecular weight is 230 g/mol. The van der Waals surface area contributed by atoms with Gasteiger partial charge in [-0.25, -0.2) is 0 Å². The molecule has 15 heavy (non-hydrogen) atoms. The number of anilines is 1. The lowest BCUT2D eigenvalue weighted by Gasteiger charge is -2.01. The number of aryl methyl sites for hydroxylation is 1. The maximum atomic E-state index is 9.04. The Hall–Kier alpha value is -1.02. The molecule has 0 aromatic heterocycles. The number of halogens is 1. The zero-order valence-corrected chi connectivity index (χ0v) is 10.6. The Kier molecular flexibility index (Phi) is 14.2. The van der Waals surface area contributed by atoms with E-state index >= 15 is 0 Å². The molecule has 0 aliphatic heterocycles. The summed E-state index contributed by atoms with van der Waals surface area (Å²) in [6.45, 7) is 6.09. The summed E-state index contributed by atoms with van der Waals surface area (Å²) >= 11 is 4.82. The third-order valence-electron chi connectivity index (χ3n) is 1.48. The number of aldehydes is 1. The number of carbonyl (C=O) groups excluding carboxylic acids is 1. The van der Waals surface area contributed by atoms with Crippen LogP contribution in [0.25, 0.3) is 0 Å². The van der Waals surface area contributed by atoms with Crippen LogP contribution < -0.4 is 5.32 Å². The van der Waals surface area contributed by atoms with E-state index in [1.807, 2.05) is 33.0 Å². The number of hydrogen-bond donors (Lipinski definition) is 1. The zero-order valence-electron chi connectivity index (χ0n) is 9.88. The van der Waals surface area contributed by atoms with Gasteiger partial charge in [-0.2, -0.15) is 0 Å². The van der Waals surface area contributed by atoms with Crippen LogP contribution in [0.4, 0.5) is 5.69 Å². The average Bonchev–Trinajstić information content (AvgIpc) is 2.33. The van der Waals surface area contributed by atoms with Gasteiger partial charge in [0.1, 0.15) is 6.29 Å². The molecule has 1 N–H and O–H groups in total. The summed E-state index contributed by atoms with van der Waals surface area (Å²) < 4.78 is 0. The van der Waals surface area contributed by atoms with Crippen LogP contribution in [0.15, 0.2) is 24.3 Å². The molecular weight excluding hydrogens is 210 g/mol. The van der Waals surface area contributed by atoms with Crippen LogP contribution in [0.2, 0.25) is 0 Å².